The zero-order chi connectivity index (χ0) is 12.4. The Bertz CT molecular complexity index is 310. The van der Waals surface area contributed by atoms with E-state index in [-0.39, 0.29) is 23.8 Å². The van der Waals surface area contributed by atoms with Gasteiger partial charge in [0.25, 0.3) is 0 Å². The quantitative estimate of drug-likeness (QED) is 0.736. The highest BCUT2D eigenvalue weighted by Gasteiger charge is 2.36. The summed E-state index contributed by atoms with van der Waals surface area (Å²) in [6, 6.07) is 0. The van der Waals surface area contributed by atoms with Crippen molar-refractivity contribution in [3.05, 3.63) is 0 Å². The van der Waals surface area contributed by atoms with Crippen molar-refractivity contribution in [1.82, 2.24) is 4.90 Å². The maximum Gasteiger partial charge on any atom is 0.306 e. The Labute approximate surface area is 100 Å². The first kappa shape index (κ1) is 12.4. The predicted octanol–water partition coefficient (Wildman–Crippen LogP) is 0.471. The molecule has 2 N–H and O–H groups in total. The summed E-state index contributed by atoms with van der Waals surface area (Å²) in [5.74, 6) is -1.17. The van der Waals surface area contributed by atoms with Gasteiger partial charge in [0.05, 0.1) is 12.0 Å². The van der Waals surface area contributed by atoms with E-state index in [9.17, 15) is 14.7 Å². The molecule has 2 rings (SSSR count). The van der Waals surface area contributed by atoms with Gasteiger partial charge in [0.1, 0.15) is 0 Å². The Morgan fingerprint density at radius 1 is 1.00 bits per heavy atom. The molecule has 0 aromatic carbocycles. The van der Waals surface area contributed by atoms with E-state index in [0.717, 1.165) is 0 Å². The molecule has 0 radical (unpaired) electrons. The van der Waals surface area contributed by atoms with E-state index < -0.39 is 5.97 Å². The van der Waals surface area contributed by atoms with Crippen molar-refractivity contribution >= 4 is 11.9 Å². The minimum Gasteiger partial charge on any atom is -0.481 e. The van der Waals surface area contributed by atoms with Gasteiger partial charge >= 0.3 is 5.97 Å². The van der Waals surface area contributed by atoms with Crippen molar-refractivity contribution < 1.29 is 19.8 Å². The SMILES string of the molecule is O=C(O)[C@H]1CC[C@@H](C(=O)N2CCC(O)CC2)C1. The van der Waals surface area contributed by atoms with Crippen LogP contribution in [0.3, 0.4) is 0 Å². The maximum absolute atomic E-state index is 12.1. The van der Waals surface area contributed by atoms with Gasteiger partial charge in [-0.2, -0.15) is 0 Å². The molecule has 0 aromatic heterocycles. The number of carboxylic acid groups (broad SMARTS) is 1. The lowest BCUT2D eigenvalue weighted by atomic mass is 10.0. The lowest BCUT2D eigenvalue weighted by Crippen LogP contribution is -2.42. The van der Waals surface area contributed by atoms with Gasteiger partial charge in [-0.3, -0.25) is 9.59 Å². The van der Waals surface area contributed by atoms with Crippen molar-refractivity contribution in [2.45, 2.75) is 38.2 Å². The first-order valence-corrected chi connectivity index (χ1v) is 6.27. The molecular weight excluding hydrogens is 222 g/mol. The minimum atomic E-state index is -0.783. The maximum atomic E-state index is 12.1. The third kappa shape index (κ3) is 2.77. The third-order valence-electron chi connectivity index (χ3n) is 3.91. The number of carbonyl (C=O) groups excluding carboxylic acids is 1. The van der Waals surface area contributed by atoms with Crippen molar-refractivity contribution in [3.8, 4) is 0 Å². The fourth-order valence-corrected chi connectivity index (χ4v) is 2.77. The number of aliphatic hydroxyl groups excluding tert-OH is 1. The molecule has 96 valence electrons. The standard InChI is InChI=1S/C12H19NO4/c14-10-3-5-13(6-4-10)11(15)8-1-2-9(7-8)12(16)17/h8-10,14H,1-7H2,(H,16,17)/t8-,9+/m1/s1. The van der Waals surface area contributed by atoms with Crippen LogP contribution in [0.15, 0.2) is 0 Å². The summed E-state index contributed by atoms with van der Waals surface area (Å²) in [6.45, 7) is 1.21. The Hall–Kier alpha value is -1.10. The summed E-state index contributed by atoms with van der Waals surface area (Å²) in [5.41, 5.74) is 0. The molecule has 2 aliphatic rings. The molecule has 1 heterocycles. The smallest absolute Gasteiger partial charge is 0.306 e. The van der Waals surface area contributed by atoms with E-state index in [0.29, 0.717) is 45.2 Å². The monoisotopic (exact) mass is 241 g/mol. The Morgan fingerprint density at radius 3 is 2.12 bits per heavy atom. The number of rotatable bonds is 2. The number of aliphatic carboxylic acids is 1. The molecule has 2 atom stereocenters. The van der Waals surface area contributed by atoms with Crippen molar-refractivity contribution in [3.63, 3.8) is 0 Å². The van der Waals surface area contributed by atoms with Crippen LogP contribution in [-0.4, -0.2) is 46.2 Å². The number of carboxylic acids is 1. The van der Waals surface area contributed by atoms with Gasteiger partial charge in [0, 0.05) is 19.0 Å². The van der Waals surface area contributed by atoms with Crippen molar-refractivity contribution in [2.24, 2.45) is 11.8 Å². The average Bonchev–Trinajstić information content (AvgIpc) is 2.78. The van der Waals surface area contributed by atoms with Crippen LogP contribution in [0.2, 0.25) is 0 Å². The number of carbonyl (C=O) groups is 2. The highest BCUT2D eigenvalue weighted by molar-refractivity contribution is 5.81. The second-order valence-corrected chi connectivity index (χ2v) is 5.10. The van der Waals surface area contributed by atoms with E-state index in [1.54, 1.807) is 4.90 Å². The number of nitrogens with zero attached hydrogens (tertiary/aromatic N) is 1. The van der Waals surface area contributed by atoms with Crippen LogP contribution >= 0.6 is 0 Å². The first-order chi connectivity index (χ1) is 8.08. The van der Waals surface area contributed by atoms with Crippen LogP contribution in [0.1, 0.15) is 32.1 Å². The lowest BCUT2D eigenvalue weighted by molar-refractivity contribution is -0.142. The molecule has 1 aliphatic carbocycles. The van der Waals surface area contributed by atoms with Gasteiger partial charge in [-0.25, -0.2) is 0 Å². The number of likely N-dealkylation sites (tertiary alicyclic amines) is 1. The van der Waals surface area contributed by atoms with Crippen LogP contribution in [0.4, 0.5) is 0 Å². The summed E-state index contributed by atoms with van der Waals surface area (Å²) < 4.78 is 0. The molecule has 1 saturated heterocycles. The fraction of sp³-hybridized carbons (Fsp3) is 0.833. The number of hydrogen-bond donors (Lipinski definition) is 2. The zero-order valence-electron chi connectivity index (χ0n) is 9.84. The van der Waals surface area contributed by atoms with E-state index in [2.05, 4.69) is 0 Å². The summed E-state index contributed by atoms with van der Waals surface area (Å²) >= 11 is 0. The molecule has 1 saturated carbocycles. The molecule has 1 amide bonds. The molecule has 2 fully saturated rings. The molecule has 0 aromatic rings. The zero-order valence-corrected chi connectivity index (χ0v) is 9.84. The summed E-state index contributed by atoms with van der Waals surface area (Å²) in [5, 5.41) is 18.3. The van der Waals surface area contributed by atoms with Gasteiger partial charge in [-0.15, -0.1) is 0 Å². The van der Waals surface area contributed by atoms with E-state index in [1.165, 1.54) is 0 Å². The molecule has 0 spiro atoms. The topological polar surface area (TPSA) is 77.8 Å². The van der Waals surface area contributed by atoms with Crippen LogP contribution in [-0.2, 0) is 9.59 Å². The Morgan fingerprint density at radius 2 is 1.59 bits per heavy atom. The van der Waals surface area contributed by atoms with Crippen LogP contribution in [0, 0.1) is 11.8 Å². The Balaban J connectivity index is 1.86. The lowest BCUT2D eigenvalue weighted by Gasteiger charge is -2.31. The average molecular weight is 241 g/mol. The molecule has 17 heavy (non-hydrogen) atoms. The normalized spacial score (nSPS) is 30.5. The largest absolute Gasteiger partial charge is 0.481 e. The summed E-state index contributed by atoms with van der Waals surface area (Å²) in [6.07, 6.45) is 2.78. The first-order valence-electron chi connectivity index (χ1n) is 6.27. The molecule has 0 unspecified atom stereocenters. The third-order valence-corrected chi connectivity index (χ3v) is 3.91. The van der Waals surface area contributed by atoms with Gasteiger partial charge < -0.3 is 15.1 Å². The second-order valence-electron chi connectivity index (χ2n) is 5.10. The fourth-order valence-electron chi connectivity index (χ4n) is 2.77. The number of aliphatic hydroxyl groups is 1. The second kappa shape index (κ2) is 5.04. The molecule has 0 bridgehead atoms. The van der Waals surface area contributed by atoms with Crippen molar-refractivity contribution in [1.29, 1.82) is 0 Å². The van der Waals surface area contributed by atoms with E-state index in [4.69, 9.17) is 5.11 Å². The summed E-state index contributed by atoms with van der Waals surface area (Å²) in [7, 11) is 0. The van der Waals surface area contributed by atoms with Gasteiger partial charge in [-0.05, 0) is 32.1 Å². The molecule has 5 heteroatoms. The van der Waals surface area contributed by atoms with Crippen LogP contribution in [0.25, 0.3) is 0 Å². The van der Waals surface area contributed by atoms with Crippen LogP contribution in [0.5, 0.6) is 0 Å². The highest BCUT2D eigenvalue weighted by atomic mass is 16.4. The molecule has 5 nitrogen and oxygen atoms in total. The van der Waals surface area contributed by atoms with Gasteiger partial charge in [0.15, 0.2) is 0 Å². The number of amides is 1. The number of hydrogen-bond acceptors (Lipinski definition) is 3. The predicted molar refractivity (Wildman–Crippen MR) is 60.3 cm³/mol. The Kier molecular flexibility index (Phi) is 3.66. The van der Waals surface area contributed by atoms with E-state index in [1.807, 2.05) is 0 Å². The van der Waals surface area contributed by atoms with Crippen molar-refractivity contribution in [2.75, 3.05) is 13.1 Å². The van der Waals surface area contributed by atoms with Crippen LogP contribution < -0.4 is 0 Å². The van der Waals surface area contributed by atoms with E-state index >= 15 is 0 Å². The minimum absolute atomic E-state index is 0.0839. The highest BCUT2D eigenvalue weighted by Crippen LogP contribution is 2.32. The summed E-state index contributed by atoms with van der Waals surface area (Å²) in [4.78, 5) is 24.7. The number of piperidine rings is 1. The molecular formula is C12H19NO4. The van der Waals surface area contributed by atoms with Gasteiger partial charge in [-0.1, -0.05) is 0 Å². The molecule has 1 aliphatic heterocycles. The van der Waals surface area contributed by atoms with Gasteiger partial charge in [0.2, 0.25) is 5.91 Å².